The Morgan fingerprint density at radius 2 is 2.23 bits per heavy atom. The van der Waals surface area contributed by atoms with Gasteiger partial charge in [-0.1, -0.05) is 13.8 Å². The Hall–Kier alpha value is -0.570. The van der Waals surface area contributed by atoms with Crippen molar-refractivity contribution in [3.05, 3.63) is 0 Å². The molecule has 0 aromatic heterocycles. The van der Waals surface area contributed by atoms with Crippen molar-refractivity contribution in [2.45, 2.75) is 32.7 Å². The molecule has 1 aliphatic heterocycles. The van der Waals surface area contributed by atoms with Crippen LogP contribution < -0.4 is 5.32 Å². The molecule has 3 nitrogen and oxygen atoms in total. The summed E-state index contributed by atoms with van der Waals surface area (Å²) in [6.45, 7) is 5.36. The number of methoxy groups -OCH3 is 1. The highest BCUT2D eigenvalue weighted by Crippen LogP contribution is 2.24. The molecule has 1 rings (SSSR count). The highest BCUT2D eigenvalue weighted by Gasteiger charge is 2.28. The van der Waals surface area contributed by atoms with Crippen LogP contribution in [0.5, 0.6) is 0 Å². The van der Waals surface area contributed by atoms with Crippen LogP contribution in [-0.4, -0.2) is 25.7 Å². The highest BCUT2D eigenvalue weighted by atomic mass is 16.5. The molecule has 0 spiro atoms. The molecule has 76 valence electrons. The number of carbonyl (C=O) groups excluding carboxylic acids is 1. The van der Waals surface area contributed by atoms with Gasteiger partial charge in [0.25, 0.3) is 0 Å². The maximum atomic E-state index is 11.3. The number of esters is 1. The van der Waals surface area contributed by atoms with E-state index in [1.807, 2.05) is 0 Å². The summed E-state index contributed by atoms with van der Waals surface area (Å²) in [7, 11) is 1.45. The zero-order valence-electron chi connectivity index (χ0n) is 8.67. The maximum Gasteiger partial charge on any atom is 0.322 e. The number of piperidine rings is 1. The van der Waals surface area contributed by atoms with E-state index < -0.39 is 0 Å². The van der Waals surface area contributed by atoms with Crippen molar-refractivity contribution >= 4 is 5.97 Å². The molecular weight excluding hydrogens is 166 g/mol. The van der Waals surface area contributed by atoms with Gasteiger partial charge in [-0.05, 0) is 31.2 Å². The average molecular weight is 185 g/mol. The Labute approximate surface area is 79.8 Å². The van der Waals surface area contributed by atoms with Crippen molar-refractivity contribution in [2.24, 2.45) is 11.8 Å². The molecule has 0 bridgehead atoms. The smallest absolute Gasteiger partial charge is 0.322 e. The Balaban J connectivity index is 2.46. The predicted molar refractivity (Wildman–Crippen MR) is 51.4 cm³/mol. The van der Waals surface area contributed by atoms with E-state index in [1.54, 1.807) is 0 Å². The first-order valence-corrected chi connectivity index (χ1v) is 4.96. The fourth-order valence-corrected chi connectivity index (χ4v) is 1.87. The molecule has 3 heteroatoms. The van der Waals surface area contributed by atoms with Crippen molar-refractivity contribution in [1.29, 1.82) is 0 Å². The molecule has 0 unspecified atom stereocenters. The van der Waals surface area contributed by atoms with Crippen molar-refractivity contribution < 1.29 is 9.53 Å². The number of ether oxygens (including phenoxy) is 1. The second-order valence-corrected chi connectivity index (χ2v) is 4.06. The molecule has 1 aliphatic rings. The van der Waals surface area contributed by atoms with Crippen LogP contribution in [0.25, 0.3) is 0 Å². The standard InChI is InChI=1S/C10H19NO2/c1-7(2)8-4-5-11-9(6-8)10(12)13-3/h7-9,11H,4-6H2,1-3H3/t8-,9-/m1/s1. The number of hydrogen-bond acceptors (Lipinski definition) is 3. The predicted octanol–water partition coefficient (Wildman–Crippen LogP) is 1.18. The number of hydrogen-bond donors (Lipinski definition) is 1. The molecule has 0 radical (unpaired) electrons. The summed E-state index contributed by atoms with van der Waals surface area (Å²) in [6.07, 6.45) is 2.09. The van der Waals surface area contributed by atoms with Crippen molar-refractivity contribution in [2.75, 3.05) is 13.7 Å². The molecule has 1 heterocycles. The van der Waals surface area contributed by atoms with Gasteiger partial charge in [-0.25, -0.2) is 0 Å². The Morgan fingerprint density at radius 3 is 2.77 bits per heavy atom. The summed E-state index contributed by atoms with van der Waals surface area (Å²) < 4.78 is 4.72. The molecule has 1 saturated heterocycles. The van der Waals surface area contributed by atoms with Gasteiger partial charge in [0.15, 0.2) is 0 Å². The zero-order valence-corrected chi connectivity index (χ0v) is 8.67. The topological polar surface area (TPSA) is 38.3 Å². The minimum absolute atomic E-state index is 0.0776. The van der Waals surface area contributed by atoms with E-state index in [4.69, 9.17) is 4.74 Å². The van der Waals surface area contributed by atoms with Gasteiger partial charge < -0.3 is 10.1 Å². The third-order valence-corrected chi connectivity index (χ3v) is 2.87. The fourth-order valence-electron chi connectivity index (χ4n) is 1.87. The first-order chi connectivity index (χ1) is 6.15. The van der Waals surface area contributed by atoms with Crippen LogP contribution in [-0.2, 0) is 9.53 Å². The third kappa shape index (κ3) is 2.69. The van der Waals surface area contributed by atoms with Crippen LogP contribution in [0, 0.1) is 11.8 Å². The van der Waals surface area contributed by atoms with Crippen molar-refractivity contribution in [3.63, 3.8) is 0 Å². The summed E-state index contributed by atoms with van der Waals surface area (Å²) in [5, 5.41) is 3.18. The number of rotatable bonds is 2. The van der Waals surface area contributed by atoms with Crippen LogP contribution in [0.15, 0.2) is 0 Å². The molecule has 2 atom stereocenters. The van der Waals surface area contributed by atoms with Gasteiger partial charge in [0.2, 0.25) is 0 Å². The van der Waals surface area contributed by atoms with Gasteiger partial charge in [-0.3, -0.25) is 4.79 Å². The lowest BCUT2D eigenvalue weighted by Crippen LogP contribution is -2.45. The zero-order chi connectivity index (χ0) is 9.84. The second kappa shape index (κ2) is 4.61. The largest absolute Gasteiger partial charge is 0.468 e. The molecule has 0 amide bonds. The fraction of sp³-hybridized carbons (Fsp3) is 0.900. The summed E-state index contributed by atoms with van der Waals surface area (Å²) in [4.78, 5) is 11.3. The quantitative estimate of drug-likeness (QED) is 0.657. The highest BCUT2D eigenvalue weighted by molar-refractivity contribution is 5.75. The minimum Gasteiger partial charge on any atom is -0.468 e. The molecule has 0 aliphatic carbocycles. The summed E-state index contributed by atoms with van der Waals surface area (Å²) in [5.41, 5.74) is 0. The molecule has 0 saturated carbocycles. The summed E-state index contributed by atoms with van der Waals surface area (Å²) in [6, 6.07) is -0.0776. The Morgan fingerprint density at radius 1 is 1.54 bits per heavy atom. The van der Waals surface area contributed by atoms with E-state index in [0.29, 0.717) is 11.8 Å². The van der Waals surface area contributed by atoms with E-state index >= 15 is 0 Å². The van der Waals surface area contributed by atoms with E-state index in [1.165, 1.54) is 13.5 Å². The van der Waals surface area contributed by atoms with Crippen LogP contribution in [0.3, 0.4) is 0 Å². The minimum atomic E-state index is -0.120. The lowest BCUT2D eigenvalue weighted by atomic mass is 9.84. The van der Waals surface area contributed by atoms with Gasteiger partial charge in [-0.15, -0.1) is 0 Å². The average Bonchev–Trinajstić information content (AvgIpc) is 2.17. The molecule has 0 aromatic rings. The van der Waals surface area contributed by atoms with Crippen LogP contribution >= 0.6 is 0 Å². The van der Waals surface area contributed by atoms with E-state index in [2.05, 4.69) is 19.2 Å². The molecular formula is C10H19NO2. The lowest BCUT2D eigenvalue weighted by molar-refractivity contribution is -0.144. The lowest BCUT2D eigenvalue weighted by Gasteiger charge is -2.30. The Bertz CT molecular complexity index is 180. The molecule has 1 N–H and O–H groups in total. The van der Waals surface area contributed by atoms with Gasteiger partial charge >= 0.3 is 5.97 Å². The monoisotopic (exact) mass is 185 g/mol. The third-order valence-electron chi connectivity index (χ3n) is 2.87. The van der Waals surface area contributed by atoms with Gasteiger partial charge in [0.05, 0.1) is 7.11 Å². The van der Waals surface area contributed by atoms with E-state index in [-0.39, 0.29) is 12.0 Å². The van der Waals surface area contributed by atoms with Gasteiger partial charge in [0, 0.05) is 0 Å². The van der Waals surface area contributed by atoms with E-state index in [0.717, 1.165) is 13.0 Å². The molecule has 0 aromatic carbocycles. The molecule has 1 fully saturated rings. The first-order valence-electron chi connectivity index (χ1n) is 4.96. The number of carbonyl (C=O) groups is 1. The van der Waals surface area contributed by atoms with Gasteiger partial charge in [0.1, 0.15) is 6.04 Å². The van der Waals surface area contributed by atoms with Gasteiger partial charge in [-0.2, -0.15) is 0 Å². The normalized spacial score (nSPS) is 28.9. The van der Waals surface area contributed by atoms with Crippen LogP contribution in [0.1, 0.15) is 26.7 Å². The maximum absolute atomic E-state index is 11.3. The van der Waals surface area contributed by atoms with Crippen LogP contribution in [0.2, 0.25) is 0 Å². The SMILES string of the molecule is COC(=O)[C@H]1C[C@H](C(C)C)CCN1. The van der Waals surface area contributed by atoms with Crippen LogP contribution in [0.4, 0.5) is 0 Å². The number of nitrogens with one attached hydrogen (secondary N) is 1. The first kappa shape index (κ1) is 10.5. The summed E-state index contributed by atoms with van der Waals surface area (Å²) >= 11 is 0. The summed E-state index contributed by atoms with van der Waals surface area (Å²) in [5.74, 6) is 1.20. The van der Waals surface area contributed by atoms with Crippen molar-refractivity contribution in [1.82, 2.24) is 5.32 Å². The second-order valence-electron chi connectivity index (χ2n) is 4.06. The van der Waals surface area contributed by atoms with Crippen molar-refractivity contribution in [3.8, 4) is 0 Å². The Kier molecular flexibility index (Phi) is 3.72. The molecule has 13 heavy (non-hydrogen) atoms. The van der Waals surface area contributed by atoms with E-state index in [9.17, 15) is 4.79 Å².